The Hall–Kier alpha value is -1.67. The van der Waals surface area contributed by atoms with Gasteiger partial charge < -0.3 is 4.74 Å². The first-order chi connectivity index (χ1) is 9.00. The zero-order valence-corrected chi connectivity index (χ0v) is 12.4. The van der Waals surface area contributed by atoms with Crippen LogP contribution in [0, 0.1) is 22.5 Å². The molecule has 0 aliphatic heterocycles. The molecule has 0 bridgehead atoms. The van der Waals surface area contributed by atoms with Gasteiger partial charge in [0.05, 0.1) is 17.3 Å². The number of hydrogen-bond donors (Lipinski definition) is 1. The summed E-state index contributed by atoms with van der Waals surface area (Å²) in [5, 5.41) is 15.9. The normalized spacial score (nSPS) is 12.2. The van der Waals surface area contributed by atoms with Crippen molar-refractivity contribution in [1.29, 1.82) is 0 Å². The van der Waals surface area contributed by atoms with Crippen LogP contribution < -0.4 is 9.88 Å². The lowest BCUT2D eigenvalue weighted by Gasteiger charge is -2.23. The Morgan fingerprint density at radius 1 is 1.40 bits per heavy atom. The van der Waals surface area contributed by atoms with Gasteiger partial charge in [0.1, 0.15) is 0 Å². The highest BCUT2D eigenvalue weighted by Gasteiger charge is 2.26. The molecule has 0 saturated heterocycles. The predicted octanol–water partition coefficient (Wildman–Crippen LogP) is 1.60. The summed E-state index contributed by atoms with van der Waals surface area (Å²) >= 11 is 0. The number of aryl methyl sites for hydroxylation is 1. The largest absolute Gasteiger partial charge is 0.486 e. The summed E-state index contributed by atoms with van der Waals surface area (Å²) in [6.07, 6.45) is 0. The van der Waals surface area contributed by atoms with Crippen LogP contribution in [0.25, 0.3) is 0 Å². The second-order valence-corrected chi connectivity index (χ2v) is 7.10. The molecule has 1 aromatic carbocycles. The second kappa shape index (κ2) is 5.76. The van der Waals surface area contributed by atoms with Crippen molar-refractivity contribution in [2.24, 2.45) is 10.6 Å². The molecule has 2 N–H and O–H groups in total. The Balaban J connectivity index is 2.87. The third-order valence-electron chi connectivity index (χ3n) is 2.52. The molecule has 1 aromatic rings. The van der Waals surface area contributed by atoms with Crippen molar-refractivity contribution >= 4 is 15.7 Å². The van der Waals surface area contributed by atoms with Crippen molar-refractivity contribution < 1.29 is 18.1 Å². The number of rotatable bonds is 6. The monoisotopic (exact) mass is 302 g/mol. The average Bonchev–Trinajstić information content (AvgIpc) is 2.23. The summed E-state index contributed by atoms with van der Waals surface area (Å²) in [5.74, 6) is -0.150. The molecule has 0 aliphatic carbocycles. The number of nitro benzene ring substituents is 1. The minimum atomic E-state index is -3.63. The van der Waals surface area contributed by atoms with E-state index >= 15 is 0 Å². The number of ether oxygens (including phenoxy) is 1. The minimum Gasteiger partial charge on any atom is -0.486 e. The van der Waals surface area contributed by atoms with E-state index in [9.17, 15) is 18.5 Å². The van der Waals surface area contributed by atoms with Crippen molar-refractivity contribution in [3.63, 3.8) is 0 Å². The number of sulfonamides is 1. The predicted molar refractivity (Wildman–Crippen MR) is 75.1 cm³/mol. The Morgan fingerprint density at radius 3 is 2.50 bits per heavy atom. The van der Waals surface area contributed by atoms with Gasteiger partial charge >= 0.3 is 5.69 Å². The molecule has 0 atom stereocenters. The van der Waals surface area contributed by atoms with Crippen LogP contribution in [-0.2, 0) is 10.0 Å². The lowest BCUT2D eigenvalue weighted by Crippen LogP contribution is -2.33. The highest BCUT2D eigenvalue weighted by Crippen LogP contribution is 2.29. The summed E-state index contributed by atoms with van der Waals surface area (Å²) in [5.41, 5.74) is -0.143. The van der Waals surface area contributed by atoms with Gasteiger partial charge in [-0.05, 0) is 18.6 Å². The number of hydrogen-bond acceptors (Lipinski definition) is 5. The highest BCUT2D eigenvalue weighted by atomic mass is 32.2. The van der Waals surface area contributed by atoms with E-state index in [2.05, 4.69) is 0 Å². The van der Waals surface area contributed by atoms with Gasteiger partial charge in [-0.15, -0.1) is 0 Å². The fourth-order valence-electron chi connectivity index (χ4n) is 1.75. The molecular formula is C12H18N2O5S. The Morgan fingerprint density at radius 2 is 2.00 bits per heavy atom. The molecular weight excluding hydrogens is 284 g/mol. The van der Waals surface area contributed by atoms with Crippen LogP contribution in [0.5, 0.6) is 5.75 Å². The zero-order valence-electron chi connectivity index (χ0n) is 11.6. The molecule has 0 amide bonds. The third-order valence-corrected chi connectivity index (χ3v) is 3.71. The fraction of sp³-hybridized carbons (Fsp3) is 0.500. The van der Waals surface area contributed by atoms with E-state index in [1.807, 2.05) is 0 Å². The van der Waals surface area contributed by atoms with Crippen LogP contribution in [0.4, 0.5) is 5.69 Å². The summed E-state index contributed by atoms with van der Waals surface area (Å²) in [7, 11) is -3.63. The number of nitrogens with zero attached hydrogens (tertiary/aromatic N) is 1. The average molecular weight is 302 g/mol. The molecule has 0 spiro atoms. The van der Waals surface area contributed by atoms with Gasteiger partial charge in [-0.1, -0.05) is 19.9 Å². The number of nitrogens with two attached hydrogens (primary N) is 1. The van der Waals surface area contributed by atoms with Crippen LogP contribution >= 0.6 is 0 Å². The van der Waals surface area contributed by atoms with Gasteiger partial charge in [0, 0.05) is 11.5 Å². The summed E-state index contributed by atoms with van der Waals surface area (Å²) in [6, 6.07) is 4.59. The first-order valence-electron chi connectivity index (χ1n) is 5.88. The number of primary sulfonamides is 1. The van der Waals surface area contributed by atoms with Gasteiger partial charge in [0.15, 0.2) is 5.75 Å². The molecule has 0 fully saturated rings. The van der Waals surface area contributed by atoms with E-state index in [-0.39, 0.29) is 23.8 Å². The molecule has 0 unspecified atom stereocenters. The van der Waals surface area contributed by atoms with Crippen molar-refractivity contribution in [2.75, 3.05) is 12.4 Å². The molecule has 0 radical (unpaired) electrons. The first-order valence-corrected chi connectivity index (χ1v) is 7.60. The van der Waals surface area contributed by atoms with E-state index in [1.54, 1.807) is 26.8 Å². The van der Waals surface area contributed by atoms with Crippen LogP contribution in [0.15, 0.2) is 18.2 Å². The maximum absolute atomic E-state index is 11.1. The Labute approximate surface area is 117 Å². The van der Waals surface area contributed by atoms with Crippen LogP contribution in [0.2, 0.25) is 0 Å². The second-order valence-electron chi connectivity index (χ2n) is 5.49. The van der Waals surface area contributed by atoms with Gasteiger partial charge in [0.25, 0.3) is 0 Å². The number of benzene rings is 1. The van der Waals surface area contributed by atoms with Crippen molar-refractivity contribution in [3.8, 4) is 5.75 Å². The van der Waals surface area contributed by atoms with Gasteiger partial charge in [-0.25, -0.2) is 13.6 Å². The molecule has 0 saturated carbocycles. The summed E-state index contributed by atoms with van der Waals surface area (Å²) in [4.78, 5) is 10.4. The lowest BCUT2D eigenvalue weighted by atomic mass is 9.98. The van der Waals surface area contributed by atoms with Crippen LogP contribution in [-0.4, -0.2) is 25.7 Å². The summed E-state index contributed by atoms with van der Waals surface area (Å²) in [6.45, 7) is 5.07. The van der Waals surface area contributed by atoms with E-state index < -0.39 is 20.4 Å². The highest BCUT2D eigenvalue weighted by molar-refractivity contribution is 7.89. The zero-order chi connectivity index (χ0) is 15.6. The van der Waals surface area contributed by atoms with E-state index in [1.165, 1.54) is 12.1 Å². The maximum Gasteiger partial charge on any atom is 0.311 e. The van der Waals surface area contributed by atoms with E-state index in [0.717, 1.165) is 5.56 Å². The lowest BCUT2D eigenvalue weighted by molar-refractivity contribution is -0.386. The fourth-order valence-corrected chi connectivity index (χ4v) is 2.92. The summed E-state index contributed by atoms with van der Waals surface area (Å²) < 4.78 is 27.6. The van der Waals surface area contributed by atoms with Crippen molar-refractivity contribution in [2.45, 2.75) is 20.8 Å². The third kappa shape index (κ3) is 5.14. The van der Waals surface area contributed by atoms with E-state index in [4.69, 9.17) is 9.88 Å². The Kier molecular flexibility index (Phi) is 4.72. The molecule has 0 aromatic heterocycles. The molecule has 0 aliphatic rings. The standard InChI is InChI=1S/C12H18N2O5S/c1-9-4-5-11(10(6-9)14(15)16)19-7-12(2,3)8-20(13,17)18/h4-6H,7-8H2,1-3H3,(H2,13,17,18). The SMILES string of the molecule is Cc1ccc(OCC(C)(C)CS(N)(=O)=O)c([N+](=O)[O-])c1. The maximum atomic E-state index is 11.1. The van der Waals surface area contributed by atoms with Gasteiger partial charge in [-0.2, -0.15) is 0 Å². The first kappa shape index (κ1) is 16.4. The van der Waals surface area contributed by atoms with Crippen LogP contribution in [0.1, 0.15) is 19.4 Å². The van der Waals surface area contributed by atoms with Crippen molar-refractivity contribution in [3.05, 3.63) is 33.9 Å². The molecule has 1 rings (SSSR count). The molecule has 112 valence electrons. The van der Waals surface area contributed by atoms with Crippen LogP contribution in [0.3, 0.4) is 0 Å². The quantitative estimate of drug-likeness (QED) is 0.633. The molecule has 8 heteroatoms. The topological polar surface area (TPSA) is 113 Å². The smallest absolute Gasteiger partial charge is 0.311 e. The van der Waals surface area contributed by atoms with Gasteiger partial charge in [-0.3, -0.25) is 10.1 Å². The Bertz CT molecular complexity index is 610. The molecule has 7 nitrogen and oxygen atoms in total. The van der Waals surface area contributed by atoms with Gasteiger partial charge in [0.2, 0.25) is 10.0 Å². The molecule has 20 heavy (non-hydrogen) atoms. The van der Waals surface area contributed by atoms with E-state index in [0.29, 0.717) is 0 Å². The minimum absolute atomic E-state index is 0.00727. The molecule has 0 heterocycles. The van der Waals surface area contributed by atoms with Crippen molar-refractivity contribution in [1.82, 2.24) is 0 Å². The number of nitro groups is 1.